The fourth-order valence-corrected chi connectivity index (χ4v) is 3.17. The topological polar surface area (TPSA) is 78.4 Å². The number of hydrogen-bond donors (Lipinski definition) is 1. The second-order valence-electron chi connectivity index (χ2n) is 6.17. The molecule has 0 radical (unpaired) electrons. The molecule has 1 aliphatic rings. The minimum atomic E-state index is -0.171. The molecule has 1 aliphatic heterocycles. The van der Waals surface area contributed by atoms with Crippen LogP contribution in [0.4, 0.5) is 0 Å². The van der Waals surface area contributed by atoms with Gasteiger partial charge in [-0.2, -0.15) is 0 Å². The van der Waals surface area contributed by atoms with Gasteiger partial charge in [0.1, 0.15) is 11.6 Å². The van der Waals surface area contributed by atoms with Crippen LogP contribution in [-0.2, 0) is 16.0 Å². The predicted molar refractivity (Wildman–Crippen MR) is 97.5 cm³/mol. The van der Waals surface area contributed by atoms with Crippen LogP contribution in [-0.4, -0.2) is 47.1 Å². The molecular formula is C19H21N3O4. The Morgan fingerprint density at radius 2 is 2.27 bits per heavy atom. The van der Waals surface area contributed by atoms with Crippen LogP contribution in [0.3, 0.4) is 0 Å². The van der Waals surface area contributed by atoms with Crippen LogP contribution in [0.2, 0.25) is 0 Å². The van der Waals surface area contributed by atoms with Gasteiger partial charge < -0.3 is 23.8 Å². The van der Waals surface area contributed by atoms with E-state index in [1.54, 1.807) is 6.20 Å². The highest BCUT2D eigenvalue weighted by atomic mass is 16.6. The second-order valence-corrected chi connectivity index (χ2v) is 6.17. The van der Waals surface area contributed by atoms with E-state index in [-0.39, 0.29) is 11.7 Å². The summed E-state index contributed by atoms with van der Waals surface area (Å²) in [6.07, 6.45) is 3.51. The molecular weight excluding hydrogens is 334 g/mol. The molecule has 0 amide bonds. The maximum Gasteiger partial charge on any atom is 0.259 e. The van der Waals surface area contributed by atoms with Crippen molar-refractivity contribution < 1.29 is 14.2 Å². The van der Waals surface area contributed by atoms with Crippen LogP contribution in [0.5, 0.6) is 5.75 Å². The minimum absolute atomic E-state index is 0.0409. The van der Waals surface area contributed by atoms with Crippen molar-refractivity contribution >= 4 is 10.9 Å². The first kappa shape index (κ1) is 16.8. The van der Waals surface area contributed by atoms with E-state index in [2.05, 4.69) is 9.97 Å². The maximum atomic E-state index is 12.6. The van der Waals surface area contributed by atoms with E-state index in [0.717, 1.165) is 16.7 Å². The van der Waals surface area contributed by atoms with E-state index in [0.29, 0.717) is 44.4 Å². The summed E-state index contributed by atoms with van der Waals surface area (Å²) < 4.78 is 18.7. The molecule has 1 saturated heterocycles. The molecule has 1 N–H and O–H groups in total. The number of nitrogens with one attached hydrogen (secondary N) is 1. The Bertz CT molecular complexity index is 957. The van der Waals surface area contributed by atoms with Gasteiger partial charge in [0, 0.05) is 23.3 Å². The number of H-pyrrole nitrogens is 1. The average Bonchev–Trinajstić information content (AvgIpc) is 3.10. The van der Waals surface area contributed by atoms with E-state index in [1.807, 2.05) is 42.0 Å². The van der Waals surface area contributed by atoms with Crippen molar-refractivity contribution in [3.63, 3.8) is 0 Å². The third-order valence-electron chi connectivity index (χ3n) is 4.37. The van der Waals surface area contributed by atoms with Gasteiger partial charge in [-0.3, -0.25) is 4.79 Å². The first-order chi connectivity index (χ1) is 12.7. The number of ether oxygens (including phenoxy) is 3. The number of hydrogen-bond acceptors (Lipinski definition) is 5. The van der Waals surface area contributed by atoms with E-state index in [4.69, 9.17) is 14.2 Å². The standard InChI is InChI=1S/C19H21N3O4/c1-2-25-14-3-4-17-13(9-14)10-16(19(23)21-17)18-20-5-6-22(18)11-15-12-24-7-8-26-15/h3-6,9-10,15H,2,7-8,11-12H2,1H3,(H,21,23). The van der Waals surface area contributed by atoms with Crippen LogP contribution in [0.1, 0.15) is 6.92 Å². The van der Waals surface area contributed by atoms with E-state index in [9.17, 15) is 4.79 Å². The molecule has 1 aromatic carbocycles. The van der Waals surface area contributed by atoms with Crippen LogP contribution < -0.4 is 10.3 Å². The van der Waals surface area contributed by atoms with Crippen LogP contribution in [0.25, 0.3) is 22.3 Å². The highest BCUT2D eigenvalue weighted by molar-refractivity contribution is 5.83. The number of rotatable bonds is 5. The van der Waals surface area contributed by atoms with Gasteiger partial charge >= 0.3 is 0 Å². The number of benzene rings is 1. The molecule has 26 heavy (non-hydrogen) atoms. The number of nitrogens with zero attached hydrogens (tertiary/aromatic N) is 2. The summed E-state index contributed by atoms with van der Waals surface area (Å²) in [6.45, 7) is 4.88. The second kappa shape index (κ2) is 7.31. The average molecular weight is 355 g/mol. The summed E-state index contributed by atoms with van der Waals surface area (Å²) in [5, 5.41) is 0.900. The zero-order valence-electron chi connectivity index (χ0n) is 14.6. The highest BCUT2D eigenvalue weighted by Gasteiger charge is 2.18. The van der Waals surface area contributed by atoms with Crippen LogP contribution in [0.15, 0.2) is 41.5 Å². The molecule has 1 fully saturated rings. The van der Waals surface area contributed by atoms with Crippen molar-refractivity contribution in [3.8, 4) is 17.1 Å². The summed E-state index contributed by atoms with van der Waals surface area (Å²) in [7, 11) is 0. The van der Waals surface area contributed by atoms with Gasteiger partial charge in [0.05, 0.1) is 44.6 Å². The number of imidazole rings is 1. The summed E-state index contributed by atoms with van der Waals surface area (Å²) >= 11 is 0. The lowest BCUT2D eigenvalue weighted by Gasteiger charge is -2.23. The molecule has 7 nitrogen and oxygen atoms in total. The Labute approximate surface area is 150 Å². The van der Waals surface area contributed by atoms with Crippen LogP contribution >= 0.6 is 0 Å². The third kappa shape index (κ3) is 3.36. The normalized spacial score (nSPS) is 17.5. The van der Waals surface area contributed by atoms with E-state index in [1.165, 1.54) is 0 Å². The summed E-state index contributed by atoms with van der Waals surface area (Å²) in [4.78, 5) is 19.9. The SMILES string of the molecule is CCOc1ccc2[nH]c(=O)c(-c3nccn3CC3COCCO3)cc2c1. The third-order valence-corrected chi connectivity index (χ3v) is 4.37. The zero-order valence-corrected chi connectivity index (χ0v) is 14.6. The molecule has 0 bridgehead atoms. The van der Waals surface area contributed by atoms with Gasteiger partial charge in [-0.1, -0.05) is 0 Å². The molecule has 3 aromatic rings. The molecule has 136 valence electrons. The lowest BCUT2D eigenvalue weighted by atomic mass is 10.1. The quantitative estimate of drug-likeness (QED) is 0.759. The Kier molecular flexibility index (Phi) is 4.73. The van der Waals surface area contributed by atoms with Crippen molar-refractivity contribution in [3.05, 3.63) is 47.0 Å². The largest absolute Gasteiger partial charge is 0.494 e. The number of fused-ring (bicyclic) bond motifs is 1. The maximum absolute atomic E-state index is 12.6. The van der Waals surface area contributed by atoms with Gasteiger partial charge in [-0.05, 0) is 31.2 Å². The lowest BCUT2D eigenvalue weighted by molar-refractivity contribution is -0.0934. The van der Waals surface area contributed by atoms with Crippen molar-refractivity contribution in [1.82, 2.24) is 14.5 Å². The molecule has 0 spiro atoms. The smallest absolute Gasteiger partial charge is 0.259 e. The van der Waals surface area contributed by atoms with Gasteiger partial charge in [-0.15, -0.1) is 0 Å². The minimum Gasteiger partial charge on any atom is -0.494 e. The van der Waals surface area contributed by atoms with Crippen molar-refractivity contribution in [2.45, 2.75) is 19.6 Å². The van der Waals surface area contributed by atoms with Crippen molar-refractivity contribution in [1.29, 1.82) is 0 Å². The first-order valence-electron chi connectivity index (χ1n) is 8.75. The first-order valence-corrected chi connectivity index (χ1v) is 8.75. The predicted octanol–water partition coefficient (Wildman–Crippen LogP) is 2.21. The van der Waals surface area contributed by atoms with E-state index < -0.39 is 0 Å². The molecule has 1 atom stereocenters. The number of aromatic amines is 1. The molecule has 7 heteroatoms. The number of aromatic nitrogens is 3. The van der Waals surface area contributed by atoms with Gasteiger partial charge in [0.15, 0.2) is 0 Å². The molecule has 2 aromatic heterocycles. The van der Waals surface area contributed by atoms with Crippen LogP contribution in [0, 0.1) is 0 Å². The number of pyridine rings is 1. The summed E-state index contributed by atoms with van der Waals surface area (Å²) in [6, 6.07) is 7.48. The molecule has 1 unspecified atom stereocenters. The van der Waals surface area contributed by atoms with E-state index >= 15 is 0 Å². The van der Waals surface area contributed by atoms with Crippen molar-refractivity contribution in [2.24, 2.45) is 0 Å². The van der Waals surface area contributed by atoms with Gasteiger partial charge in [0.25, 0.3) is 5.56 Å². The molecule has 4 rings (SSSR count). The Morgan fingerprint density at radius 3 is 3.08 bits per heavy atom. The van der Waals surface area contributed by atoms with Crippen molar-refractivity contribution in [2.75, 3.05) is 26.4 Å². The van der Waals surface area contributed by atoms with Gasteiger partial charge in [0.2, 0.25) is 0 Å². The Hall–Kier alpha value is -2.64. The summed E-state index contributed by atoms with van der Waals surface area (Å²) in [5.41, 5.74) is 1.12. The highest BCUT2D eigenvalue weighted by Crippen LogP contribution is 2.23. The fourth-order valence-electron chi connectivity index (χ4n) is 3.17. The van der Waals surface area contributed by atoms with Gasteiger partial charge in [-0.25, -0.2) is 4.98 Å². The zero-order chi connectivity index (χ0) is 17.9. The Morgan fingerprint density at radius 1 is 1.35 bits per heavy atom. The monoisotopic (exact) mass is 355 g/mol. The molecule has 0 saturated carbocycles. The Balaban J connectivity index is 1.70. The molecule has 3 heterocycles. The molecule has 0 aliphatic carbocycles. The summed E-state index contributed by atoms with van der Waals surface area (Å²) in [5.74, 6) is 1.39. The fraction of sp³-hybridized carbons (Fsp3) is 0.368. The lowest BCUT2D eigenvalue weighted by Crippen LogP contribution is -2.32.